The Morgan fingerprint density at radius 2 is 1.78 bits per heavy atom. The van der Waals surface area contributed by atoms with E-state index in [0.717, 1.165) is 16.3 Å². The zero-order valence-electron chi connectivity index (χ0n) is 14.6. The Balaban J connectivity index is 1.63. The molecule has 0 aliphatic rings. The molecule has 0 heterocycles. The number of benzene rings is 3. The maximum Gasteiger partial charge on any atom is 0.310 e. The average Bonchev–Trinajstić information content (AvgIpc) is 2.70. The first kappa shape index (κ1) is 18.1. The highest BCUT2D eigenvalue weighted by Crippen LogP contribution is 2.25. The number of hydrazone groups is 1. The van der Waals surface area contributed by atoms with E-state index in [0.29, 0.717) is 5.71 Å². The highest BCUT2D eigenvalue weighted by molar-refractivity contribution is 6.02. The van der Waals surface area contributed by atoms with Crippen LogP contribution >= 0.6 is 0 Å². The molecule has 3 rings (SSSR count). The molecule has 1 N–H and O–H groups in total. The SMILES string of the molecule is C/C(=N/NC(=O)COc1ccccc1[N+](=O)[O-])c1ccc2ccccc2c1. The van der Waals surface area contributed by atoms with E-state index < -0.39 is 10.8 Å². The van der Waals surface area contributed by atoms with Gasteiger partial charge in [-0.25, -0.2) is 5.43 Å². The summed E-state index contributed by atoms with van der Waals surface area (Å²) in [5.74, 6) is -0.471. The number of ether oxygens (including phenoxy) is 1. The molecule has 136 valence electrons. The van der Waals surface area contributed by atoms with Gasteiger partial charge in [0.15, 0.2) is 12.4 Å². The molecule has 3 aromatic carbocycles. The molecule has 0 aliphatic carbocycles. The van der Waals surface area contributed by atoms with E-state index in [9.17, 15) is 14.9 Å². The largest absolute Gasteiger partial charge is 0.477 e. The van der Waals surface area contributed by atoms with Gasteiger partial charge in [0.05, 0.1) is 10.6 Å². The second-order valence-electron chi connectivity index (χ2n) is 5.81. The molecule has 0 aromatic heterocycles. The van der Waals surface area contributed by atoms with Crippen molar-refractivity contribution >= 4 is 28.1 Å². The van der Waals surface area contributed by atoms with Gasteiger partial charge in [0.2, 0.25) is 0 Å². The molecule has 0 atom stereocenters. The summed E-state index contributed by atoms with van der Waals surface area (Å²) in [7, 11) is 0. The molecule has 0 fully saturated rings. The van der Waals surface area contributed by atoms with Crippen molar-refractivity contribution in [3.8, 4) is 5.75 Å². The van der Waals surface area contributed by atoms with Gasteiger partial charge in [-0.15, -0.1) is 0 Å². The predicted molar refractivity (Wildman–Crippen MR) is 103 cm³/mol. The number of carbonyl (C=O) groups excluding carboxylic acids is 1. The molecule has 0 unspecified atom stereocenters. The molecule has 0 saturated heterocycles. The molecule has 0 saturated carbocycles. The molecule has 0 spiro atoms. The van der Waals surface area contributed by atoms with Crippen molar-refractivity contribution in [1.82, 2.24) is 5.43 Å². The molecule has 3 aromatic rings. The van der Waals surface area contributed by atoms with Crippen molar-refractivity contribution in [3.63, 3.8) is 0 Å². The highest BCUT2D eigenvalue weighted by atomic mass is 16.6. The maximum atomic E-state index is 11.9. The molecule has 0 aliphatic heterocycles. The van der Waals surface area contributed by atoms with Crippen molar-refractivity contribution in [1.29, 1.82) is 0 Å². The number of nitro groups is 1. The van der Waals surface area contributed by atoms with Crippen LogP contribution in [0.15, 0.2) is 71.8 Å². The minimum atomic E-state index is -0.560. The highest BCUT2D eigenvalue weighted by Gasteiger charge is 2.14. The van der Waals surface area contributed by atoms with Gasteiger partial charge < -0.3 is 4.74 Å². The van der Waals surface area contributed by atoms with E-state index in [-0.39, 0.29) is 18.0 Å². The number of amides is 1. The summed E-state index contributed by atoms with van der Waals surface area (Å²) < 4.78 is 5.23. The van der Waals surface area contributed by atoms with Crippen LogP contribution in [0.2, 0.25) is 0 Å². The lowest BCUT2D eigenvalue weighted by Crippen LogP contribution is -2.25. The van der Waals surface area contributed by atoms with Gasteiger partial charge in [0, 0.05) is 6.07 Å². The van der Waals surface area contributed by atoms with Crippen LogP contribution in [0.4, 0.5) is 5.69 Å². The summed E-state index contributed by atoms with van der Waals surface area (Å²) in [5.41, 5.74) is 3.73. The fraction of sp³-hybridized carbons (Fsp3) is 0.100. The van der Waals surface area contributed by atoms with Gasteiger partial charge in [-0.2, -0.15) is 5.10 Å². The number of carbonyl (C=O) groups is 1. The van der Waals surface area contributed by atoms with Gasteiger partial charge in [-0.05, 0) is 35.4 Å². The Bertz CT molecular complexity index is 1030. The first-order chi connectivity index (χ1) is 13.0. The number of hydrogen-bond acceptors (Lipinski definition) is 5. The fourth-order valence-corrected chi connectivity index (χ4v) is 2.53. The van der Waals surface area contributed by atoms with Gasteiger partial charge >= 0.3 is 5.69 Å². The van der Waals surface area contributed by atoms with E-state index >= 15 is 0 Å². The van der Waals surface area contributed by atoms with Crippen LogP contribution in [-0.4, -0.2) is 23.1 Å². The molecule has 7 nitrogen and oxygen atoms in total. The quantitative estimate of drug-likeness (QED) is 0.411. The number of nitro benzene ring substituents is 1. The average molecular weight is 363 g/mol. The summed E-state index contributed by atoms with van der Waals surface area (Å²) in [6.07, 6.45) is 0. The second-order valence-corrected chi connectivity index (χ2v) is 5.81. The van der Waals surface area contributed by atoms with Gasteiger partial charge in [-0.1, -0.05) is 48.5 Å². The Morgan fingerprint density at radius 3 is 2.56 bits per heavy atom. The Kier molecular flexibility index (Phi) is 5.41. The Labute approximate surface area is 155 Å². The second kappa shape index (κ2) is 8.09. The number of hydrogen-bond donors (Lipinski definition) is 1. The van der Waals surface area contributed by atoms with Gasteiger partial charge in [-0.3, -0.25) is 14.9 Å². The smallest absolute Gasteiger partial charge is 0.310 e. The van der Waals surface area contributed by atoms with Crippen molar-refractivity contribution in [2.45, 2.75) is 6.92 Å². The number of fused-ring (bicyclic) bond motifs is 1. The Hall–Kier alpha value is -3.74. The van der Waals surface area contributed by atoms with E-state index in [4.69, 9.17) is 4.74 Å². The van der Waals surface area contributed by atoms with Crippen LogP contribution in [0.25, 0.3) is 10.8 Å². The molecule has 7 heteroatoms. The lowest BCUT2D eigenvalue weighted by Gasteiger charge is -2.07. The molecule has 1 amide bonds. The summed E-state index contributed by atoms with van der Waals surface area (Å²) in [4.78, 5) is 22.3. The van der Waals surface area contributed by atoms with Crippen molar-refractivity contribution in [2.24, 2.45) is 5.10 Å². The summed E-state index contributed by atoms with van der Waals surface area (Å²) in [6, 6.07) is 19.7. The molecular formula is C20H17N3O4. The third kappa shape index (κ3) is 4.46. The van der Waals surface area contributed by atoms with E-state index in [1.54, 1.807) is 13.0 Å². The van der Waals surface area contributed by atoms with E-state index in [1.165, 1.54) is 18.2 Å². The maximum absolute atomic E-state index is 11.9. The Morgan fingerprint density at radius 1 is 1.07 bits per heavy atom. The third-order valence-corrected chi connectivity index (χ3v) is 3.94. The summed E-state index contributed by atoms with van der Waals surface area (Å²) in [6.45, 7) is 1.41. The molecule has 0 radical (unpaired) electrons. The lowest BCUT2D eigenvalue weighted by molar-refractivity contribution is -0.385. The topological polar surface area (TPSA) is 93.8 Å². The van der Waals surface area contributed by atoms with Crippen molar-refractivity contribution in [2.75, 3.05) is 6.61 Å². The standard InChI is InChI=1S/C20H17N3O4/c1-14(16-11-10-15-6-2-3-7-17(15)12-16)21-22-20(24)13-27-19-9-5-4-8-18(19)23(25)26/h2-12H,13H2,1H3,(H,22,24)/b21-14-. The van der Waals surface area contributed by atoms with E-state index in [1.807, 2.05) is 42.5 Å². The zero-order chi connectivity index (χ0) is 19.2. The first-order valence-electron chi connectivity index (χ1n) is 8.23. The van der Waals surface area contributed by atoms with E-state index in [2.05, 4.69) is 10.5 Å². The molecule has 27 heavy (non-hydrogen) atoms. The van der Waals surface area contributed by atoms with Crippen LogP contribution in [0.1, 0.15) is 12.5 Å². The van der Waals surface area contributed by atoms with Crippen LogP contribution in [0.3, 0.4) is 0 Å². The monoisotopic (exact) mass is 363 g/mol. The minimum Gasteiger partial charge on any atom is -0.477 e. The van der Waals surface area contributed by atoms with Crippen molar-refractivity contribution in [3.05, 3.63) is 82.4 Å². The number of para-hydroxylation sites is 2. The van der Waals surface area contributed by atoms with Crippen molar-refractivity contribution < 1.29 is 14.5 Å². The van der Waals surface area contributed by atoms with Crippen LogP contribution < -0.4 is 10.2 Å². The van der Waals surface area contributed by atoms with Gasteiger partial charge in [0.1, 0.15) is 0 Å². The first-order valence-corrected chi connectivity index (χ1v) is 8.23. The number of nitrogens with zero attached hydrogens (tertiary/aromatic N) is 2. The molecule has 0 bridgehead atoms. The summed E-state index contributed by atoms with van der Waals surface area (Å²) >= 11 is 0. The number of rotatable bonds is 6. The lowest BCUT2D eigenvalue weighted by atomic mass is 10.0. The summed E-state index contributed by atoms with van der Waals surface area (Å²) in [5, 5.41) is 17.2. The zero-order valence-corrected chi connectivity index (χ0v) is 14.6. The van der Waals surface area contributed by atoms with Gasteiger partial charge in [0.25, 0.3) is 5.91 Å². The normalized spacial score (nSPS) is 11.2. The number of nitrogens with one attached hydrogen (secondary N) is 1. The van der Waals surface area contributed by atoms with Crippen LogP contribution in [-0.2, 0) is 4.79 Å². The minimum absolute atomic E-state index is 0.0351. The fourth-order valence-electron chi connectivity index (χ4n) is 2.53. The third-order valence-electron chi connectivity index (χ3n) is 3.94. The molecular weight excluding hydrogens is 346 g/mol. The van der Waals surface area contributed by atoms with Crippen LogP contribution in [0.5, 0.6) is 5.75 Å². The van der Waals surface area contributed by atoms with Crippen LogP contribution in [0, 0.1) is 10.1 Å². The predicted octanol–water partition coefficient (Wildman–Crippen LogP) is 3.67.